The van der Waals surface area contributed by atoms with Crippen molar-refractivity contribution in [3.05, 3.63) is 82.0 Å². The van der Waals surface area contributed by atoms with E-state index in [0.717, 1.165) is 27.4 Å². The van der Waals surface area contributed by atoms with E-state index in [0.29, 0.717) is 28.2 Å². The number of ether oxygens (including phenoxy) is 2. The lowest BCUT2D eigenvalue weighted by Crippen LogP contribution is -2.32. The van der Waals surface area contributed by atoms with Crippen LogP contribution in [0.25, 0.3) is 21.8 Å². The third-order valence-electron chi connectivity index (χ3n) is 5.96. The van der Waals surface area contributed by atoms with E-state index >= 15 is 0 Å². The van der Waals surface area contributed by atoms with Crippen LogP contribution in [-0.2, 0) is 19.1 Å². The number of carbonyl (C=O) groups excluding carboxylic acids is 2. The van der Waals surface area contributed by atoms with Gasteiger partial charge in [-0.3, -0.25) is 0 Å². The first-order valence-corrected chi connectivity index (χ1v) is 12.7. The number of anilines is 1. The lowest BCUT2D eigenvalue weighted by atomic mass is 9.80. The van der Waals surface area contributed by atoms with Gasteiger partial charge in [0.2, 0.25) is 0 Å². The Kier molecular flexibility index (Phi) is 7.55. The van der Waals surface area contributed by atoms with Crippen LogP contribution in [0.2, 0.25) is 0 Å². The number of aromatic nitrogens is 1. The molecule has 7 nitrogen and oxygen atoms in total. The van der Waals surface area contributed by atoms with Crippen LogP contribution in [0.15, 0.2) is 76.5 Å². The zero-order chi connectivity index (χ0) is 25.8. The Morgan fingerprint density at radius 3 is 2.22 bits per heavy atom. The molecule has 0 spiro atoms. The molecule has 0 unspecified atom stereocenters. The quantitative estimate of drug-likeness (QED) is 0.328. The summed E-state index contributed by atoms with van der Waals surface area (Å²) in [6.45, 7) is 7.59. The summed E-state index contributed by atoms with van der Waals surface area (Å²) in [5, 5.41) is 5.95. The second-order valence-corrected chi connectivity index (χ2v) is 9.19. The van der Waals surface area contributed by atoms with E-state index in [4.69, 9.17) is 20.2 Å². The van der Waals surface area contributed by atoms with Gasteiger partial charge in [0.1, 0.15) is 5.01 Å². The third kappa shape index (κ3) is 4.90. The Morgan fingerprint density at radius 1 is 0.972 bits per heavy atom. The van der Waals surface area contributed by atoms with Crippen molar-refractivity contribution in [1.29, 1.82) is 0 Å². The molecule has 1 aliphatic heterocycles. The topological polar surface area (TPSA) is 104 Å². The Morgan fingerprint density at radius 2 is 1.61 bits per heavy atom. The van der Waals surface area contributed by atoms with Crippen LogP contribution in [0, 0.1) is 0 Å². The Bertz CT molecular complexity index is 1330. The van der Waals surface area contributed by atoms with Gasteiger partial charge in [0, 0.05) is 33.6 Å². The minimum absolute atomic E-state index is 0.227. The minimum atomic E-state index is -0.645. The predicted octanol–water partition coefficient (Wildman–Crippen LogP) is 5.42. The fourth-order valence-electron chi connectivity index (χ4n) is 4.40. The number of esters is 2. The first kappa shape index (κ1) is 25.2. The van der Waals surface area contributed by atoms with Crippen molar-refractivity contribution in [2.45, 2.75) is 33.6 Å². The minimum Gasteiger partial charge on any atom is -0.463 e. The number of allylic oxidation sites excluding steroid dienone is 2. The van der Waals surface area contributed by atoms with E-state index in [2.05, 4.69) is 5.32 Å². The first-order valence-electron chi connectivity index (χ1n) is 11.8. The molecule has 3 N–H and O–H groups in total. The molecule has 1 aliphatic rings. The molecule has 36 heavy (non-hydrogen) atoms. The van der Waals surface area contributed by atoms with Crippen LogP contribution in [0.4, 0.5) is 5.69 Å². The third-order valence-corrected chi connectivity index (χ3v) is 6.85. The molecule has 8 heteroatoms. The number of benzene rings is 2. The number of hydrogen-bond donors (Lipinski definition) is 2. The normalized spacial score (nSPS) is 14.0. The van der Waals surface area contributed by atoms with Gasteiger partial charge in [-0.1, -0.05) is 36.4 Å². The van der Waals surface area contributed by atoms with Gasteiger partial charge in [-0.2, -0.15) is 0 Å². The van der Waals surface area contributed by atoms with Crippen LogP contribution in [0.3, 0.4) is 0 Å². The van der Waals surface area contributed by atoms with Crippen molar-refractivity contribution in [3.63, 3.8) is 0 Å². The number of para-hydroxylation sites is 1. The summed E-state index contributed by atoms with van der Waals surface area (Å²) in [7, 11) is 0. The number of nitrogens with zero attached hydrogens (tertiary/aromatic N) is 1. The van der Waals surface area contributed by atoms with Crippen LogP contribution < -0.4 is 11.1 Å². The van der Waals surface area contributed by atoms with Crippen molar-refractivity contribution >= 4 is 29.0 Å². The molecule has 1 aromatic heterocycles. The number of thiazole rings is 1. The fourth-order valence-corrected chi connectivity index (χ4v) is 5.21. The van der Waals surface area contributed by atoms with E-state index in [1.54, 1.807) is 13.8 Å². The predicted molar refractivity (Wildman–Crippen MR) is 142 cm³/mol. The van der Waals surface area contributed by atoms with Crippen molar-refractivity contribution in [1.82, 2.24) is 10.3 Å². The molecule has 0 bridgehead atoms. The van der Waals surface area contributed by atoms with Crippen LogP contribution in [0.5, 0.6) is 0 Å². The van der Waals surface area contributed by atoms with E-state index < -0.39 is 17.9 Å². The van der Waals surface area contributed by atoms with Crippen LogP contribution in [0.1, 0.15) is 39.2 Å². The van der Waals surface area contributed by atoms with Gasteiger partial charge in [0.25, 0.3) is 0 Å². The highest BCUT2D eigenvalue weighted by Gasteiger charge is 2.38. The molecule has 0 amide bonds. The maximum atomic E-state index is 13.1. The molecular weight excluding hydrogens is 474 g/mol. The number of carbonyl (C=O) groups is 2. The lowest BCUT2D eigenvalue weighted by Gasteiger charge is -2.30. The second kappa shape index (κ2) is 10.8. The summed E-state index contributed by atoms with van der Waals surface area (Å²) in [6, 6.07) is 15.3. The van der Waals surface area contributed by atoms with Gasteiger partial charge in [-0.05, 0) is 45.4 Å². The van der Waals surface area contributed by atoms with Gasteiger partial charge >= 0.3 is 11.9 Å². The second-order valence-electron chi connectivity index (χ2n) is 8.33. The molecule has 0 fully saturated rings. The summed E-state index contributed by atoms with van der Waals surface area (Å²) in [5.41, 5.74) is 12.2. The highest BCUT2D eigenvalue weighted by atomic mass is 32.1. The SMILES string of the molecule is CCOC(=O)C1=C(C)NC(C)=C(C(=O)OCC)C1c1cccc(-c2nc(-c3ccccc3N)cs2)c1. The Hall–Kier alpha value is -3.91. The monoisotopic (exact) mass is 503 g/mol. The number of nitrogens with one attached hydrogen (secondary N) is 1. The van der Waals surface area contributed by atoms with E-state index in [-0.39, 0.29) is 13.2 Å². The van der Waals surface area contributed by atoms with E-state index in [9.17, 15) is 9.59 Å². The zero-order valence-electron chi connectivity index (χ0n) is 20.8. The number of rotatable bonds is 7. The Labute approximate surface area is 214 Å². The molecular formula is C28H29N3O4S. The summed E-state index contributed by atoms with van der Waals surface area (Å²) in [5.74, 6) is -1.58. The van der Waals surface area contributed by atoms with Gasteiger partial charge in [0.15, 0.2) is 0 Å². The van der Waals surface area contributed by atoms with Crippen molar-refractivity contribution in [3.8, 4) is 21.8 Å². The number of nitrogens with two attached hydrogens (primary N) is 1. The van der Waals surface area contributed by atoms with Crippen molar-refractivity contribution in [2.24, 2.45) is 0 Å². The highest BCUT2D eigenvalue weighted by Crippen LogP contribution is 2.41. The zero-order valence-corrected chi connectivity index (χ0v) is 21.6. The molecule has 0 atom stereocenters. The number of nitrogen functional groups attached to an aromatic ring is 1. The largest absolute Gasteiger partial charge is 0.463 e. The molecule has 0 saturated heterocycles. The summed E-state index contributed by atoms with van der Waals surface area (Å²) >= 11 is 1.51. The van der Waals surface area contributed by atoms with Gasteiger partial charge in [-0.15, -0.1) is 11.3 Å². The van der Waals surface area contributed by atoms with Crippen LogP contribution >= 0.6 is 11.3 Å². The molecule has 2 heterocycles. The Balaban J connectivity index is 1.80. The number of hydrogen-bond acceptors (Lipinski definition) is 8. The smallest absolute Gasteiger partial charge is 0.336 e. The summed E-state index contributed by atoms with van der Waals surface area (Å²) < 4.78 is 10.7. The average Bonchev–Trinajstić information content (AvgIpc) is 3.34. The molecule has 0 radical (unpaired) electrons. The fraction of sp³-hybridized carbons (Fsp3) is 0.250. The first-order chi connectivity index (χ1) is 17.3. The summed E-state index contributed by atoms with van der Waals surface area (Å²) in [4.78, 5) is 30.9. The molecule has 0 saturated carbocycles. The van der Waals surface area contributed by atoms with Crippen LogP contribution in [-0.4, -0.2) is 30.1 Å². The van der Waals surface area contributed by atoms with E-state index in [1.165, 1.54) is 11.3 Å². The molecule has 0 aliphatic carbocycles. The molecule has 2 aromatic carbocycles. The van der Waals surface area contributed by atoms with Gasteiger partial charge in [-0.25, -0.2) is 14.6 Å². The maximum Gasteiger partial charge on any atom is 0.336 e. The lowest BCUT2D eigenvalue weighted by molar-refractivity contribution is -0.139. The maximum absolute atomic E-state index is 13.1. The molecule has 4 rings (SSSR count). The van der Waals surface area contributed by atoms with E-state index in [1.807, 2.05) is 67.8 Å². The molecule has 3 aromatic rings. The van der Waals surface area contributed by atoms with Crippen molar-refractivity contribution in [2.75, 3.05) is 18.9 Å². The highest BCUT2D eigenvalue weighted by molar-refractivity contribution is 7.13. The van der Waals surface area contributed by atoms with Gasteiger partial charge < -0.3 is 20.5 Å². The van der Waals surface area contributed by atoms with Crippen molar-refractivity contribution < 1.29 is 19.1 Å². The summed E-state index contributed by atoms with van der Waals surface area (Å²) in [6.07, 6.45) is 0. The molecule has 186 valence electrons. The standard InChI is InChI=1S/C28H29N3O4S/c1-5-34-27(32)23-16(3)30-17(4)24(28(33)35-6-2)25(23)18-10-9-11-19(14-18)26-31-22(15-36-26)20-12-7-8-13-21(20)29/h7-15,25,30H,5-6,29H2,1-4H3. The number of dihydropyridines is 1. The van der Waals surface area contributed by atoms with Gasteiger partial charge in [0.05, 0.1) is 36.0 Å². The average molecular weight is 504 g/mol.